The Morgan fingerprint density at radius 3 is 3.00 bits per heavy atom. The summed E-state index contributed by atoms with van der Waals surface area (Å²) in [5, 5.41) is 7.02. The fourth-order valence-electron chi connectivity index (χ4n) is 1.50. The van der Waals surface area contributed by atoms with Crippen LogP contribution in [0.1, 0.15) is 17.2 Å². The molecule has 0 bridgehead atoms. The molecule has 0 spiro atoms. The Hall–Kier alpha value is -1.20. The molecular formula is C11H13BrN4. The lowest BCUT2D eigenvalue weighted by atomic mass is 10.1. The number of rotatable bonds is 4. The molecule has 0 aliphatic rings. The van der Waals surface area contributed by atoms with Gasteiger partial charge in [-0.1, -0.05) is 28.1 Å². The maximum atomic E-state index is 5.44. The molecule has 3 N–H and O–H groups in total. The fraction of sp³-hybridized carbons (Fsp3) is 0.273. The molecule has 0 saturated carbocycles. The van der Waals surface area contributed by atoms with Crippen LogP contribution in [-0.4, -0.2) is 21.7 Å². The smallest absolute Gasteiger partial charge is 0.151 e. The van der Waals surface area contributed by atoms with Crippen molar-refractivity contribution in [3.8, 4) is 0 Å². The molecule has 0 fully saturated rings. The largest absolute Gasteiger partial charge is 0.330 e. The second-order valence-electron chi connectivity index (χ2n) is 3.54. The molecule has 0 aliphatic carbocycles. The van der Waals surface area contributed by atoms with Crippen molar-refractivity contribution in [3.05, 3.63) is 46.0 Å². The van der Waals surface area contributed by atoms with Crippen LogP contribution in [0, 0.1) is 0 Å². The first-order valence-electron chi connectivity index (χ1n) is 5.12. The number of nitrogens with one attached hydrogen (secondary N) is 1. The summed E-state index contributed by atoms with van der Waals surface area (Å²) in [6.07, 6.45) is 1.48. The number of aromatic nitrogens is 3. The predicted octanol–water partition coefficient (Wildman–Crippen LogP) is 1.66. The third-order valence-electron chi connectivity index (χ3n) is 2.21. The zero-order chi connectivity index (χ0) is 11.4. The lowest BCUT2D eigenvalue weighted by Crippen LogP contribution is -2.04. The van der Waals surface area contributed by atoms with E-state index in [0.29, 0.717) is 6.54 Å². The topological polar surface area (TPSA) is 67.6 Å². The lowest BCUT2D eigenvalue weighted by molar-refractivity contribution is 0.874. The first-order valence-corrected chi connectivity index (χ1v) is 5.92. The van der Waals surface area contributed by atoms with Gasteiger partial charge in [-0.15, -0.1) is 0 Å². The average molecular weight is 281 g/mol. The van der Waals surface area contributed by atoms with Crippen molar-refractivity contribution in [2.45, 2.75) is 12.8 Å². The van der Waals surface area contributed by atoms with Crippen LogP contribution in [0.4, 0.5) is 0 Å². The van der Waals surface area contributed by atoms with Gasteiger partial charge in [0.05, 0.1) is 0 Å². The Morgan fingerprint density at radius 1 is 1.38 bits per heavy atom. The third kappa shape index (κ3) is 2.90. The van der Waals surface area contributed by atoms with E-state index in [0.717, 1.165) is 29.0 Å². The monoisotopic (exact) mass is 280 g/mol. The van der Waals surface area contributed by atoms with Gasteiger partial charge in [-0.3, -0.25) is 5.10 Å². The summed E-state index contributed by atoms with van der Waals surface area (Å²) in [6.45, 7) is 0.578. The van der Waals surface area contributed by atoms with Crippen molar-refractivity contribution in [2.24, 2.45) is 5.73 Å². The van der Waals surface area contributed by atoms with Gasteiger partial charge in [-0.05, 0) is 24.2 Å². The molecule has 1 heterocycles. The van der Waals surface area contributed by atoms with E-state index in [1.165, 1.54) is 5.56 Å². The molecule has 0 saturated heterocycles. The summed E-state index contributed by atoms with van der Waals surface area (Å²) in [7, 11) is 0. The minimum atomic E-state index is 0.578. The van der Waals surface area contributed by atoms with E-state index >= 15 is 0 Å². The fourth-order valence-corrected chi connectivity index (χ4v) is 1.94. The zero-order valence-electron chi connectivity index (χ0n) is 8.78. The Bertz CT molecular complexity index is 467. The van der Waals surface area contributed by atoms with Crippen LogP contribution >= 0.6 is 15.9 Å². The summed E-state index contributed by atoms with van der Waals surface area (Å²) in [6, 6.07) is 8.15. The highest BCUT2D eigenvalue weighted by Crippen LogP contribution is 2.13. The second kappa shape index (κ2) is 5.23. The number of hydrogen-bond donors (Lipinski definition) is 2. The normalized spacial score (nSPS) is 10.6. The SMILES string of the molecule is NCCc1n[nH]c(Cc2cccc(Br)c2)n1. The van der Waals surface area contributed by atoms with Gasteiger partial charge in [0.1, 0.15) is 5.82 Å². The number of halogens is 1. The molecule has 5 heteroatoms. The Kier molecular flexibility index (Phi) is 3.69. The molecule has 1 aromatic heterocycles. The van der Waals surface area contributed by atoms with Gasteiger partial charge in [-0.2, -0.15) is 5.10 Å². The Balaban J connectivity index is 2.08. The van der Waals surface area contributed by atoms with Gasteiger partial charge in [-0.25, -0.2) is 4.98 Å². The van der Waals surface area contributed by atoms with E-state index < -0.39 is 0 Å². The Morgan fingerprint density at radius 2 is 2.25 bits per heavy atom. The van der Waals surface area contributed by atoms with Gasteiger partial charge in [0.25, 0.3) is 0 Å². The predicted molar refractivity (Wildman–Crippen MR) is 66.1 cm³/mol. The van der Waals surface area contributed by atoms with Crippen LogP contribution in [0.3, 0.4) is 0 Å². The standard InChI is InChI=1S/C11H13BrN4/c12-9-3-1-2-8(6-9)7-11-14-10(4-5-13)15-16-11/h1-3,6H,4-5,7,13H2,(H,14,15,16). The summed E-state index contributed by atoms with van der Waals surface area (Å²) >= 11 is 3.44. The number of H-pyrrole nitrogens is 1. The molecule has 0 amide bonds. The van der Waals surface area contributed by atoms with Crippen molar-refractivity contribution >= 4 is 15.9 Å². The van der Waals surface area contributed by atoms with Crippen molar-refractivity contribution in [3.63, 3.8) is 0 Å². The van der Waals surface area contributed by atoms with Gasteiger partial charge < -0.3 is 5.73 Å². The molecule has 0 atom stereocenters. The van der Waals surface area contributed by atoms with Crippen molar-refractivity contribution in [1.29, 1.82) is 0 Å². The highest BCUT2D eigenvalue weighted by atomic mass is 79.9. The lowest BCUT2D eigenvalue weighted by Gasteiger charge is -1.98. The molecular weight excluding hydrogens is 268 g/mol. The van der Waals surface area contributed by atoms with E-state index in [1.54, 1.807) is 0 Å². The van der Waals surface area contributed by atoms with Crippen molar-refractivity contribution in [1.82, 2.24) is 15.2 Å². The zero-order valence-corrected chi connectivity index (χ0v) is 10.4. The maximum absolute atomic E-state index is 5.44. The van der Waals surface area contributed by atoms with Gasteiger partial charge in [0.2, 0.25) is 0 Å². The summed E-state index contributed by atoms with van der Waals surface area (Å²) in [4.78, 5) is 4.36. The average Bonchev–Trinajstić information content (AvgIpc) is 2.66. The first-order chi connectivity index (χ1) is 7.78. The summed E-state index contributed by atoms with van der Waals surface area (Å²) < 4.78 is 1.08. The molecule has 4 nitrogen and oxygen atoms in total. The van der Waals surface area contributed by atoms with Crippen LogP contribution in [0.2, 0.25) is 0 Å². The maximum Gasteiger partial charge on any atom is 0.151 e. The van der Waals surface area contributed by atoms with E-state index in [9.17, 15) is 0 Å². The number of nitrogens with zero attached hydrogens (tertiary/aromatic N) is 2. The number of aromatic amines is 1. The number of benzene rings is 1. The second-order valence-corrected chi connectivity index (χ2v) is 4.46. The summed E-state index contributed by atoms with van der Waals surface area (Å²) in [5.41, 5.74) is 6.64. The van der Waals surface area contributed by atoms with E-state index in [2.05, 4.69) is 43.2 Å². The highest BCUT2D eigenvalue weighted by molar-refractivity contribution is 9.10. The van der Waals surface area contributed by atoms with Crippen LogP contribution in [-0.2, 0) is 12.8 Å². The minimum Gasteiger partial charge on any atom is -0.330 e. The molecule has 1 aromatic carbocycles. The molecule has 16 heavy (non-hydrogen) atoms. The first kappa shape index (κ1) is 11.3. The van der Waals surface area contributed by atoms with Crippen molar-refractivity contribution in [2.75, 3.05) is 6.54 Å². The van der Waals surface area contributed by atoms with E-state index in [1.807, 2.05) is 12.1 Å². The van der Waals surface area contributed by atoms with Crippen LogP contribution in [0.25, 0.3) is 0 Å². The van der Waals surface area contributed by atoms with Crippen LogP contribution in [0.15, 0.2) is 28.7 Å². The minimum absolute atomic E-state index is 0.578. The third-order valence-corrected chi connectivity index (χ3v) is 2.70. The summed E-state index contributed by atoms with van der Waals surface area (Å²) in [5.74, 6) is 1.66. The molecule has 2 aromatic rings. The van der Waals surface area contributed by atoms with Crippen LogP contribution < -0.4 is 5.73 Å². The van der Waals surface area contributed by atoms with Gasteiger partial charge in [0.15, 0.2) is 5.82 Å². The van der Waals surface area contributed by atoms with Gasteiger partial charge >= 0.3 is 0 Å². The van der Waals surface area contributed by atoms with E-state index in [4.69, 9.17) is 5.73 Å². The Labute approximate surface area is 102 Å². The van der Waals surface area contributed by atoms with Gasteiger partial charge in [0, 0.05) is 17.3 Å². The molecule has 0 aliphatic heterocycles. The molecule has 0 radical (unpaired) electrons. The number of hydrogen-bond acceptors (Lipinski definition) is 3. The highest BCUT2D eigenvalue weighted by Gasteiger charge is 2.03. The van der Waals surface area contributed by atoms with E-state index in [-0.39, 0.29) is 0 Å². The van der Waals surface area contributed by atoms with Crippen molar-refractivity contribution < 1.29 is 0 Å². The molecule has 0 unspecified atom stereocenters. The quantitative estimate of drug-likeness (QED) is 0.895. The molecule has 2 rings (SSSR count). The molecule has 84 valence electrons. The number of nitrogens with two attached hydrogens (primary N) is 1. The van der Waals surface area contributed by atoms with Crippen LogP contribution in [0.5, 0.6) is 0 Å².